The molecule has 0 saturated heterocycles. The van der Waals surface area contributed by atoms with E-state index in [0.29, 0.717) is 21.5 Å². The lowest BCUT2D eigenvalue weighted by atomic mass is 10.3. The number of nitrogens with one attached hydrogen (secondary N) is 1. The van der Waals surface area contributed by atoms with Crippen molar-refractivity contribution in [3.05, 3.63) is 51.9 Å². The van der Waals surface area contributed by atoms with Gasteiger partial charge in [0, 0.05) is 5.69 Å². The van der Waals surface area contributed by atoms with Crippen LogP contribution in [0.4, 0.5) is 5.69 Å². The Balaban J connectivity index is 1.87. The van der Waals surface area contributed by atoms with Crippen LogP contribution in [0.3, 0.4) is 0 Å². The molecule has 2 rings (SSSR count). The van der Waals surface area contributed by atoms with Crippen molar-refractivity contribution in [2.75, 3.05) is 11.9 Å². The van der Waals surface area contributed by atoms with Crippen molar-refractivity contribution in [1.29, 1.82) is 0 Å². The third kappa shape index (κ3) is 4.24. The van der Waals surface area contributed by atoms with Gasteiger partial charge in [-0.05, 0) is 37.3 Å². The smallest absolute Gasteiger partial charge is 0.374 e. The molecule has 0 fully saturated rings. The van der Waals surface area contributed by atoms with Crippen molar-refractivity contribution in [3.63, 3.8) is 0 Å². The minimum absolute atomic E-state index is 0.0508. The van der Waals surface area contributed by atoms with Gasteiger partial charge in [0.25, 0.3) is 5.91 Å². The second-order valence-corrected chi connectivity index (χ2v) is 4.98. The molecule has 0 spiro atoms. The second kappa shape index (κ2) is 6.65. The van der Waals surface area contributed by atoms with Crippen LogP contribution in [-0.2, 0) is 9.53 Å². The Morgan fingerprint density at radius 2 is 1.95 bits per heavy atom. The fourth-order valence-electron chi connectivity index (χ4n) is 1.52. The van der Waals surface area contributed by atoms with E-state index in [4.69, 9.17) is 32.4 Å². The molecule has 0 radical (unpaired) electrons. The topological polar surface area (TPSA) is 68.5 Å². The number of rotatable bonds is 4. The number of esters is 1. The zero-order chi connectivity index (χ0) is 15.4. The van der Waals surface area contributed by atoms with Crippen molar-refractivity contribution in [1.82, 2.24) is 0 Å². The number of benzene rings is 1. The van der Waals surface area contributed by atoms with Crippen molar-refractivity contribution in [2.45, 2.75) is 6.92 Å². The van der Waals surface area contributed by atoms with Crippen LogP contribution in [0.25, 0.3) is 0 Å². The summed E-state index contributed by atoms with van der Waals surface area (Å²) in [5, 5.41) is 3.23. The van der Waals surface area contributed by atoms with Gasteiger partial charge in [-0.3, -0.25) is 4.79 Å². The molecule has 1 amide bonds. The normalized spacial score (nSPS) is 10.2. The van der Waals surface area contributed by atoms with Crippen LogP contribution in [-0.4, -0.2) is 18.5 Å². The molecular formula is C14H11Cl2NO4. The van der Waals surface area contributed by atoms with E-state index in [0.717, 1.165) is 0 Å². The third-order valence-electron chi connectivity index (χ3n) is 2.48. The fraction of sp³-hybridized carbons (Fsp3) is 0.143. The molecule has 1 N–H and O–H groups in total. The van der Waals surface area contributed by atoms with E-state index in [1.807, 2.05) is 0 Å². The average Bonchev–Trinajstić information content (AvgIpc) is 2.87. The highest BCUT2D eigenvalue weighted by Gasteiger charge is 2.13. The number of furan rings is 1. The molecular weight excluding hydrogens is 317 g/mol. The first-order chi connectivity index (χ1) is 9.95. The van der Waals surface area contributed by atoms with Crippen LogP contribution in [0.2, 0.25) is 10.0 Å². The standard InChI is InChI=1S/C14H11Cl2NO4/c1-8-2-5-12(21-8)14(19)20-7-13(18)17-9-3-4-10(15)11(16)6-9/h2-6H,7H2,1H3,(H,17,18). The number of halogens is 2. The van der Waals surface area contributed by atoms with Crippen molar-refractivity contribution in [2.24, 2.45) is 0 Å². The number of carbonyl (C=O) groups excluding carboxylic acids is 2. The number of ether oxygens (including phenoxy) is 1. The predicted octanol–water partition coefficient (Wildman–Crippen LogP) is 3.69. The lowest BCUT2D eigenvalue weighted by molar-refractivity contribution is -0.119. The van der Waals surface area contributed by atoms with Crippen LogP contribution in [0.5, 0.6) is 0 Å². The Labute approximate surface area is 130 Å². The van der Waals surface area contributed by atoms with Crippen LogP contribution >= 0.6 is 23.2 Å². The highest BCUT2D eigenvalue weighted by molar-refractivity contribution is 6.42. The molecule has 21 heavy (non-hydrogen) atoms. The summed E-state index contributed by atoms with van der Waals surface area (Å²) in [7, 11) is 0. The summed E-state index contributed by atoms with van der Waals surface area (Å²) >= 11 is 11.6. The fourth-order valence-corrected chi connectivity index (χ4v) is 1.82. The molecule has 0 aliphatic heterocycles. The van der Waals surface area contributed by atoms with Crippen LogP contribution in [0.1, 0.15) is 16.3 Å². The van der Waals surface area contributed by atoms with Crippen molar-refractivity contribution >= 4 is 40.8 Å². The minimum Gasteiger partial charge on any atom is -0.454 e. The third-order valence-corrected chi connectivity index (χ3v) is 3.22. The summed E-state index contributed by atoms with van der Waals surface area (Å²) in [5.41, 5.74) is 0.458. The molecule has 110 valence electrons. The summed E-state index contributed by atoms with van der Waals surface area (Å²) in [4.78, 5) is 23.2. The van der Waals surface area contributed by atoms with Gasteiger partial charge in [-0.2, -0.15) is 0 Å². The van der Waals surface area contributed by atoms with E-state index in [2.05, 4.69) is 5.32 Å². The zero-order valence-electron chi connectivity index (χ0n) is 11.0. The predicted molar refractivity (Wildman–Crippen MR) is 78.8 cm³/mol. The lowest BCUT2D eigenvalue weighted by Crippen LogP contribution is -2.20. The maximum absolute atomic E-state index is 11.7. The largest absolute Gasteiger partial charge is 0.454 e. The van der Waals surface area contributed by atoms with Gasteiger partial charge in [0.2, 0.25) is 5.76 Å². The molecule has 0 saturated carbocycles. The minimum atomic E-state index is -0.701. The van der Waals surface area contributed by atoms with Crippen LogP contribution < -0.4 is 5.32 Å². The van der Waals surface area contributed by atoms with E-state index in [1.54, 1.807) is 25.1 Å². The molecule has 7 heteroatoms. The van der Waals surface area contributed by atoms with Crippen molar-refractivity contribution in [3.8, 4) is 0 Å². The molecule has 0 unspecified atom stereocenters. The van der Waals surface area contributed by atoms with Crippen LogP contribution in [0, 0.1) is 6.92 Å². The Kier molecular flexibility index (Phi) is 4.88. The molecule has 0 atom stereocenters. The summed E-state index contributed by atoms with van der Waals surface area (Å²) in [6, 6.07) is 7.75. The number of aryl methyl sites for hydroxylation is 1. The summed E-state index contributed by atoms with van der Waals surface area (Å²) in [5.74, 6) is -0.561. The maximum Gasteiger partial charge on any atom is 0.374 e. The highest BCUT2D eigenvalue weighted by Crippen LogP contribution is 2.24. The van der Waals surface area contributed by atoms with Gasteiger partial charge >= 0.3 is 5.97 Å². The Bertz CT molecular complexity index is 681. The number of hydrogen-bond donors (Lipinski definition) is 1. The SMILES string of the molecule is Cc1ccc(C(=O)OCC(=O)Nc2ccc(Cl)c(Cl)c2)o1. The van der Waals surface area contributed by atoms with Crippen molar-refractivity contribution < 1.29 is 18.7 Å². The van der Waals surface area contributed by atoms with E-state index in [-0.39, 0.29) is 5.76 Å². The van der Waals surface area contributed by atoms with Gasteiger partial charge in [-0.15, -0.1) is 0 Å². The number of hydrogen-bond acceptors (Lipinski definition) is 4. The van der Waals surface area contributed by atoms with Gasteiger partial charge in [-0.1, -0.05) is 23.2 Å². The molecule has 5 nitrogen and oxygen atoms in total. The average molecular weight is 328 g/mol. The number of carbonyl (C=O) groups is 2. The molecule has 1 heterocycles. The second-order valence-electron chi connectivity index (χ2n) is 4.16. The Morgan fingerprint density at radius 1 is 1.19 bits per heavy atom. The Hall–Kier alpha value is -1.98. The summed E-state index contributed by atoms with van der Waals surface area (Å²) in [6.07, 6.45) is 0. The number of amides is 1. The monoisotopic (exact) mass is 327 g/mol. The lowest BCUT2D eigenvalue weighted by Gasteiger charge is -2.06. The Morgan fingerprint density at radius 3 is 2.57 bits per heavy atom. The first kappa shape index (κ1) is 15.4. The van der Waals surface area contributed by atoms with Crippen LogP contribution in [0.15, 0.2) is 34.7 Å². The summed E-state index contributed by atoms with van der Waals surface area (Å²) < 4.78 is 9.91. The van der Waals surface area contributed by atoms with Gasteiger partial charge < -0.3 is 14.5 Å². The molecule has 0 aliphatic carbocycles. The van der Waals surface area contributed by atoms with E-state index < -0.39 is 18.5 Å². The molecule has 1 aromatic carbocycles. The van der Waals surface area contributed by atoms with E-state index >= 15 is 0 Å². The molecule has 0 aliphatic rings. The molecule has 2 aromatic rings. The summed E-state index contributed by atoms with van der Waals surface area (Å²) in [6.45, 7) is 1.27. The van der Waals surface area contributed by atoms with E-state index in [9.17, 15) is 9.59 Å². The zero-order valence-corrected chi connectivity index (χ0v) is 12.5. The maximum atomic E-state index is 11.7. The van der Waals surface area contributed by atoms with Gasteiger partial charge in [0.15, 0.2) is 6.61 Å². The number of anilines is 1. The van der Waals surface area contributed by atoms with E-state index in [1.165, 1.54) is 12.1 Å². The molecule has 1 aromatic heterocycles. The first-order valence-electron chi connectivity index (χ1n) is 5.94. The van der Waals surface area contributed by atoms with Gasteiger partial charge in [0.1, 0.15) is 5.76 Å². The first-order valence-corrected chi connectivity index (χ1v) is 6.70. The quantitative estimate of drug-likeness (QED) is 0.869. The van der Waals surface area contributed by atoms with Gasteiger partial charge in [0.05, 0.1) is 10.0 Å². The van der Waals surface area contributed by atoms with Gasteiger partial charge in [-0.25, -0.2) is 4.79 Å². The highest BCUT2D eigenvalue weighted by atomic mass is 35.5. The molecule has 0 bridgehead atoms.